The molecule has 0 heterocycles. The molecule has 2 amide bonds. The third-order valence-electron chi connectivity index (χ3n) is 6.08. The number of amides is 2. The molecule has 0 radical (unpaired) electrons. The molecule has 2 aromatic carbocycles. The summed E-state index contributed by atoms with van der Waals surface area (Å²) in [4.78, 5) is 27.7. The summed E-state index contributed by atoms with van der Waals surface area (Å²) in [5.41, 5.74) is 1.55. The maximum atomic E-state index is 13.2. The lowest BCUT2D eigenvalue weighted by atomic mass is 9.94. The van der Waals surface area contributed by atoms with Crippen LogP contribution in [0, 0.1) is 0 Å². The van der Waals surface area contributed by atoms with Crippen molar-refractivity contribution in [2.24, 2.45) is 0 Å². The molecule has 0 spiro atoms. The maximum Gasteiger partial charge on any atom is 0.257 e. The highest BCUT2D eigenvalue weighted by molar-refractivity contribution is 7.80. The smallest absolute Gasteiger partial charge is 0.257 e. The average Bonchev–Trinajstić information content (AvgIpc) is 2.84. The van der Waals surface area contributed by atoms with E-state index in [1.165, 1.54) is 6.42 Å². The van der Waals surface area contributed by atoms with Crippen LogP contribution in [0.15, 0.2) is 48.5 Å². The van der Waals surface area contributed by atoms with E-state index < -0.39 is 0 Å². The molecular formula is C26H33N3O3S. The zero-order valence-electron chi connectivity index (χ0n) is 19.6. The SMILES string of the molecule is CCC(C)Oc1cccc(C(=O)NC(=S)Nc2ccccc2C(=O)N(C)C2CCCCC2)c1. The molecule has 2 aromatic rings. The van der Waals surface area contributed by atoms with Gasteiger partial charge in [-0.2, -0.15) is 0 Å². The van der Waals surface area contributed by atoms with Crippen LogP contribution in [-0.4, -0.2) is 41.0 Å². The Kier molecular flexibility index (Phi) is 8.83. The summed E-state index contributed by atoms with van der Waals surface area (Å²) < 4.78 is 5.80. The molecule has 1 unspecified atom stereocenters. The minimum absolute atomic E-state index is 0.0472. The van der Waals surface area contributed by atoms with E-state index in [2.05, 4.69) is 10.6 Å². The molecule has 1 aliphatic rings. The van der Waals surface area contributed by atoms with E-state index in [-0.39, 0.29) is 29.1 Å². The topological polar surface area (TPSA) is 70.7 Å². The van der Waals surface area contributed by atoms with E-state index in [9.17, 15) is 9.59 Å². The molecule has 1 saturated carbocycles. The Bertz CT molecular complexity index is 988. The van der Waals surface area contributed by atoms with Gasteiger partial charge < -0.3 is 15.0 Å². The van der Waals surface area contributed by atoms with Gasteiger partial charge in [0.05, 0.1) is 17.4 Å². The first-order valence-electron chi connectivity index (χ1n) is 11.6. The highest BCUT2D eigenvalue weighted by atomic mass is 32.1. The number of nitrogens with one attached hydrogen (secondary N) is 2. The average molecular weight is 468 g/mol. The Morgan fingerprint density at radius 1 is 1.12 bits per heavy atom. The normalized spacial score (nSPS) is 14.8. The van der Waals surface area contributed by atoms with Crippen molar-refractivity contribution in [3.8, 4) is 5.75 Å². The Balaban J connectivity index is 1.65. The second-order valence-electron chi connectivity index (χ2n) is 8.53. The standard InChI is InChI=1S/C26H33N3O3S/c1-4-18(2)32-21-14-10-11-19(17-21)24(30)28-26(33)27-23-16-9-8-15-22(23)25(31)29(3)20-12-6-5-7-13-20/h8-11,14-18,20H,4-7,12-13H2,1-3H3,(H2,27,28,30,33). The first-order valence-corrected chi connectivity index (χ1v) is 12.0. The zero-order chi connectivity index (χ0) is 23.8. The monoisotopic (exact) mass is 467 g/mol. The van der Waals surface area contributed by atoms with E-state index in [0.717, 1.165) is 32.1 Å². The van der Waals surface area contributed by atoms with Crippen LogP contribution in [0.25, 0.3) is 0 Å². The molecule has 3 rings (SSSR count). The van der Waals surface area contributed by atoms with Crippen LogP contribution in [-0.2, 0) is 0 Å². The van der Waals surface area contributed by atoms with Crippen molar-refractivity contribution < 1.29 is 14.3 Å². The minimum atomic E-state index is -0.342. The molecule has 7 heteroatoms. The van der Waals surface area contributed by atoms with Gasteiger partial charge in [-0.1, -0.05) is 44.4 Å². The van der Waals surface area contributed by atoms with Gasteiger partial charge in [-0.25, -0.2) is 0 Å². The number of anilines is 1. The lowest BCUT2D eigenvalue weighted by Crippen LogP contribution is -2.39. The van der Waals surface area contributed by atoms with Crippen molar-refractivity contribution in [2.45, 2.75) is 64.5 Å². The minimum Gasteiger partial charge on any atom is -0.491 e. The van der Waals surface area contributed by atoms with Crippen molar-refractivity contribution in [2.75, 3.05) is 12.4 Å². The van der Waals surface area contributed by atoms with Crippen LogP contribution in [0.5, 0.6) is 5.75 Å². The van der Waals surface area contributed by atoms with Crippen molar-refractivity contribution in [1.82, 2.24) is 10.2 Å². The Labute approximate surface area is 201 Å². The van der Waals surface area contributed by atoms with E-state index in [4.69, 9.17) is 17.0 Å². The molecule has 2 N–H and O–H groups in total. The predicted molar refractivity (Wildman–Crippen MR) is 136 cm³/mol. The molecule has 1 fully saturated rings. The third kappa shape index (κ3) is 6.78. The van der Waals surface area contributed by atoms with Crippen LogP contribution >= 0.6 is 12.2 Å². The lowest BCUT2D eigenvalue weighted by Gasteiger charge is -2.31. The molecule has 0 aromatic heterocycles. The van der Waals surface area contributed by atoms with Crippen molar-refractivity contribution in [3.05, 3.63) is 59.7 Å². The van der Waals surface area contributed by atoms with Crippen LogP contribution in [0.1, 0.15) is 73.1 Å². The number of nitrogens with zero attached hydrogens (tertiary/aromatic N) is 1. The van der Waals surface area contributed by atoms with Crippen molar-refractivity contribution in [3.63, 3.8) is 0 Å². The predicted octanol–water partition coefficient (Wildman–Crippen LogP) is 5.40. The fourth-order valence-electron chi connectivity index (χ4n) is 3.96. The molecule has 0 bridgehead atoms. The molecular weight excluding hydrogens is 434 g/mol. The fourth-order valence-corrected chi connectivity index (χ4v) is 4.16. The van der Waals surface area contributed by atoms with Gasteiger partial charge in [0.2, 0.25) is 0 Å². The van der Waals surface area contributed by atoms with Crippen LogP contribution in [0.4, 0.5) is 5.69 Å². The summed E-state index contributed by atoms with van der Waals surface area (Å²) in [5, 5.41) is 5.86. The number of hydrogen-bond acceptors (Lipinski definition) is 4. The van der Waals surface area contributed by atoms with Gasteiger partial charge in [-0.05, 0) is 68.7 Å². The zero-order valence-corrected chi connectivity index (χ0v) is 20.4. The number of thiocarbonyl (C=S) groups is 1. The number of hydrogen-bond donors (Lipinski definition) is 2. The molecule has 33 heavy (non-hydrogen) atoms. The third-order valence-corrected chi connectivity index (χ3v) is 6.29. The number of benzene rings is 2. The first kappa shape index (κ1) is 24.7. The molecule has 1 atom stereocenters. The van der Waals surface area contributed by atoms with Gasteiger partial charge in [-0.3, -0.25) is 14.9 Å². The second kappa shape index (κ2) is 11.8. The van der Waals surface area contributed by atoms with E-state index in [0.29, 0.717) is 22.6 Å². The van der Waals surface area contributed by atoms with Gasteiger partial charge in [0, 0.05) is 18.7 Å². The van der Waals surface area contributed by atoms with E-state index >= 15 is 0 Å². The van der Waals surface area contributed by atoms with Crippen LogP contribution < -0.4 is 15.4 Å². The second-order valence-corrected chi connectivity index (χ2v) is 8.93. The highest BCUT2D eigenvalue weighted by Gasteiger charge is 2.24. The van der Waals surface area contributed by atoms with E-state index in [1.807, 2.05) is 44.0 Å². The van der Waals surface area contributed by atoms with Crippen molar-refractivity contribution in [1.29, 1.82) is 0 Å². The number of carbonyl (C=O) groups is 2. The molecule has 6 nitrogen and oxygen atoms in total. The Hall–Kier alpha value is -2.93. The van der Waals surface area contributed by atoms with E-state index in [1.54, 1.807) is 30.3 Å². The number of ether oxygens (including phenoxy) is 1. The molecule has 0 saturated heterocycles. The summed E-state index contributed by atoms with van der Waals surface area (Å²) in [5.74, 6) is 0.247. The maximum absolute atomic E-state index is 13.2. The van der Waals surface area contributed by atoms with Crippen LogP contribution in [0.3, 0.4) is 0 Å². The highest BCUT2D eigenvalue weighted by Crippen LogP contribution is 2.25. The summed E-state index contributed by atoms with van der Waals surface area (Å²) in [6, 6.07) is 14.5. The first-order chi connectivity index (χ1) is 15.9. The fraction of sp³-hybridized carbons (Fsp3) is 0.423. The summed E-state index contributed by atoms with van der Waals surface area (Å²) in [6.07, 6.45) is 6.55. The lowest BCUT2D eigenvalue weighted by molar-refractivity contribution is 0.0697. The summed E-state index contributed by atoms with van der Waals surface area (Å²) in [7, 11) is 1.86. The number of rotatable bonds is 7. The molecule has 176 valence electrons. The largest absolute Gasteiger partial charge is 0.491 e. The quantitative estimate of drug-likeness (QED) is 0.534. The molecule has 1 aliphatic carbocycles. The molecule has 0 aliphatic heterocycles. The van der Waals surface area contributed by atoms with Gasteiger partial charge >= 0.3 is 0 Å². The van der Waals surface area contributed by atoms with Crippen molar-refractivity contribution >= 4 is 34.8 Å². The Morgan fingerprint density at radius 3 is 2.58 bits per heavy atom. The number of carbonyl (C=O) groups excluding carboxylic acids is 2. The van der Waals surface area contributed by atoms with Gasteiger partial charge in [0.15, 0.2) is 5.11 Å². The van der Waals surface area contributed by atoms with Gasteiger partial charge in [-0.15, -0.1) is 0 Å². The Morgan fingerprint density at radius 2 is 1.85 bits per heavy atom. The summed E-state index contributed by atoms with van der Waals surface area (Å²) >= 11 is 5.37. The van der Waals surface area contributed by atoms with Gasteiger partial charge in [0.1, 0.15) is 5.75 Å². The van der Waals surface area contributed by atoms with Gasteiger partial charge in [0.25, 0.3) is 11.8 Å². The number of para-hydroxylation sites is 1. The summed E-state index contributed by atoms with van der Waals surface area (Å²) in [6.45, 7) is 4.02. The van der Waals surface area contributed by atoms with Crippen LogP contribution in [0.2, 0.25) is 0 Å².